The van der Waals surface area contributed by atoms with E-state index >= 15 is 0 Å². The number of hydrogen-bond acceptors (Lipinski definition) is 2. The lowest BCUT2D eigenvalue weighted by atomic mass is 10.2. The highest BCUT2D eigenvalue weighted by Gasteiger charge is 2.06. The van der Waals surface area contributed by atoms with E-state index in [2.05, 4.69) is 33.2 Å². The highest BCUT2D eigenvalue weighted by atomic mass is 127. The van der Waals surface area contributed by atoms with Gasteiger partial charge in [0.25, 0.3) is 5.91 Å². The Labute approximate surface area is 117 Å². The van der Waals surface area contributed by atoms with Gasteiger partial charge in [-0.05, 0) is 40.8 Å². The SMILES string of the molecule is NC(=O)NCCNC(=O)c1ccc(I)c(Cl)c1. The first-order valence-corrected chi connectivity index (χ1v) is 6.23. The van der Waals surface area contributed by atoms with Crippen molar-refractivity contribution in [2.45, 2.75) is 0 Å². The van der Waals surface area contributed by atoms with E-state index in [1.54, 1.807) is 18.2 Å². The summed E-state index contributed by atoms with van der Waals surface area (Å²) in [4.78, 5) is 22.0. The summed E-state index contributed by atoms with van der Waals surface area (Å²) in [5.74, 6) is -0.241. The number of amides is 3. The van der Waals surface area contributed by atoms with Crippen molar-refractivity contribution in [1.82, 2.24) is 10.6 Å². The number of nitrogens with two attached hydrogens (primary N) is 1. The zero-order chi connectivity index (χ0) is 12.8. The lowest BCUT2D eigenvalue weighted by Gasteiger charge is -2.06. The molecule has 0 heterocycles. The molecule has 1 aromatic rings. The average molecular weight is 368 g/mol. The van der Waals surface area contributed by atoms with Gasteiger partial charge in [-0.25, -0.2) is 4.79 Å². The molecular weight excluding hydrogens is 356 g/mol. The summed E-state index contributed by atoms with van der Waals surface area (Å²) in [5, 5.41) is 5.54. The summed E-state index contributed by atoms with van der Waals surface area (Å²) < 4.78 is 0.885. The van der Waals surface area contributed by atoms with E-state index in [-0.39, 0.29) is 5.91 Å². The van der Waals surface area contributed by atoms with Gasteiger partial charge in [0, 0.05) is 22.2 Å². The van der Waals surface area contributed by atoms with Crippen molar-refractivity contribution in [3.8, 4) is 0 Å². The van der Waals surface area contributed by atoms with Crippen molar-refractivity contribution >= 4 is 46.1 Å². The fourth-order valence-corrected chi connectivity index (χ4v) is 1.62. The first kappa shape index (κ1) is 14.0. The molecular formula is C10H11ClIN3O2. The third-order valence-electron chi connectivity index (χ3n) is 1.89. The fourth-order valence-electron chi connectivity index (χ4n) is 1.10. The molecule has 0 saturated carbocycles. The first-order chi connectivity index (χ1) is 8.00. The van der Waals surface area contributed by atoms with Gasteiger partial charge in [0.15, 0.2) is 0 Å². The Kier molecular flexibility index (Phi) is 5.49. The smallest absolute Gasteiger partial charge is 0.312 e. The predicted octanol–water partition coefficient (Wildman–Crippen LogP) is 1.34. The summed E-state index contributed by atoms with van der Waals surface area (Å²) in [6.07, 6.45) is 0. The molecule has 0 spiro atoms. The van der Waals surface area contributed by atoms with Crippen molar-refractivity contribution in [1.29, 1.82) is 0 Å². The van der Waals surface area contributed by atoms with Gasteiger partial charge in [-0.2, -0.15) is 0 Å². The van der Waals surface area contributed by atoms with Gasteiger partial charge in [-0.1, -0.05) is 11.6 Å². The van der Waals surface area contributed by atoms with Crippen LogP contribution in [-0.4, -0.2) is 25.0 Å². The number of nitrogens with one attached hydrogen (secondary N) is 2. The molecule has 0 aliphatic carbocycles. The molecule has 3 amide bonds. The second-order valence-electron chi connectivity index (χ2n) is 3.18. The topological polar surface area (TPSA) is 84.2 Å². The maximum Gasteiger partial charge on any atom is 0.312 e. The van der Waals surface area contributed by atoms with E-state index < -0.39 is 6.03 Å². The summed E-state index contributed by atoms with van der Waals surface area (Å²) >= 11 is 7.98. The number of carbonyl (C=O) groups is 2. The molecule has 0 atom stereocenters. The Bertz CT molecular complexity index is 440. The van der Waals surface area contributed by atoms with E-state index in [9.17, 15) is 9.59 Å². The molecule has 17 heavy (non-hydrogen) atoms. The first-order valence-electron chi connectivity index (χ1n) is 4.77. The van der Waals surface area contributed by atoms with Crippen molar-refractivity contribution in [3.05, 3.63) is 32.4 Å². The highest BCUT2D eigenvalue weighted by molar-refractivity contribution is 14.1. The number of rotatable bonds is 4. The quantitative estimate of drug-likeness (QED) is 0.554. The molecule has 5 nitrogen and oxygen atoms in total. The van der Waals surface area contributed by atoms with Gasteiger partial charge >= 0.3 is 6.03 Å². The van der Waals surface area contributed by atoms with Crippen LogP contribution in [0.25, 0.3) is 0 Å². The molecule has 1 aromatic carbocycles. The van der Waals surface area contributed by atoms with Crippen molar-refractivity contribution < 1.29 is 9.59 Å². The van der Waals surface area contributed by atoms with Crippen molar-refractivity contribution in [3.63, 3.8) is 0 Å². The lowest BCUT2D eigenvalue weighted by molar-refractivity contribution is 0.0954. The average Bonchev–Trinajstić information content (AvgIpc) is 2.27. The molecule has 92 valence electrons. The molecule has 0 aliphatic heterocycles. The molecule has 0 fully saturated rings. The molecule has 7 heteroatoms. The van der Waals surface area contributed by atoms with E-state index in [4.69, 9.17) is 17.3 Å². The molecule has 0 aliphatic rings. The van der Waals surface area contributed by atoms with Gasteiger partial charge in [-0.3, -0.25) is 4.79 Å². The summed E-state index contributed by atoms with van der Waals surface area (Å²) in [5.41, 5.74) is 5.36. The Balaban J connectivity index is 2.47. The van der Waals surface area contributed by atoms with Crippen LogP contribution in [0, 0.1) is 3.57 Å². The van der Waals surface area contributed by atoms with E-state index in [0.29, 0.717) is 23.7 Å². The molecule has 0 bridgehead atoms. The van der Waals surface area contributed by atoms with Crippen LogP contribution in [0.4, 0.5) is 4.79 Å². The number of benzene rings is 1. The van der Waals surface area contributed by atoms with E-state index in [0.717, 1.165) is 3.57 Å². The Morgan fingerprint density at radius 3 is 2.53 bits per heavy atom. The second-order valence-corrected chi connectivity index (χ2v) is 4.75. The third kappa shape index (κ3) is 4.78. The second kappa shape index (κ2) is 6.65. The van der Waals surface area contributed by atoms with Crippen LogP contribution in [0.3, 0.4) is 0 Å². The zero-order valence-electron chi connectivity index (χ0n) is 8.80. The monoisotopic (exact) mass is 367 g/mol. The van der Waals surface area contributed by atoms with Gasteiger partial charge in [0.05, 0.1) is 5.02 Å². The van der Waals surface area contributed by atoms with E-state index in [1.807, 2.05) is 0 Å². The molecule has 0 radical (unpaired) electrons. The van der Waals surface area contributed by atoms with Crippen LogP contribution in [0.2, 0.25) is 5.02 Å². The van der Waals surface area contributed by atoms with Crippen LogP contribution in [-0.2, 0) is 0 Å². The van der Waals surface area contributed by atoms with E-state index in [1.165, 1.54) is 0 Å². The van der Waals surface area contributed by atoms with Crippen molar-refractivity contribution in [2.75, 3.05) is 13.1 Å². The number of primary amides is 1. The number of carbonyl (C=O) groups excluding carboxylic acids is 2. The fraction of sp³-hybridized carbons (Fsp3) is 0.200. The molecule has 4 N–H and O–H groups in total. The minimum atomic E-state index is -0.614. The van der Waals surface area contributed by atoms with Crippen LogP contribution in [0.5, 0.6) is 0 Å². The summed E-state index contributed by atoms with van der Waals surface area (Å²) in [7, 11) is 0. The van der Waals surface area contributed by atoms with Gasteiger partial charge in [0.1, 0.15) is 0 Å². The maximum atomic E-state index is 11.6. The summed E-state index contributed by atoms with van der Waals surface area (Å²) in [6, 6.07) is 4.43. The normalized spacial score (nSPS) is 9.76. The lowest BCUT2D eigenvalue weighted by Crippen LogP contribution is -2.37. The Morgan fingerprint density at radius 1 is 1.29 bits per heavy atom. The highest BCUT2D eigenvalue weighted by Crippen LogP contribution is 2.19. The number of halogens is 2. The molecule has 0 aromatic heterocycles. The third-order valence-corrected chi connectivity index (χ3v) is 3.46. The number of hydrogen-bond donors (Lipinski definition) is 3. The largest absolute Gasteiger partial charge is 0.352 e. The minimum absolute atomic E-state index is 0.241. The maximum absolute atomic E-state index is 11.6. The van der Waals surface area contributed by atoms with Gasteiger partial charge in [0.2, 0.25) is 0 Å². The standard InChI is InChI=1S/C10H11ClIN3O2/c11-7-5-6(1-2-8(7)12)9(16)14-3-4-15-10(13)17/h1-2,5H,3-4H2,(H,14,16)(H3,13,15,17). The van der Waals surface area contributed by atoms with Crippen molar-refractivity contribution in [2.24, 2.45) is 5.73 Å². The van der Waals surface area contributed by atoms with Crippen LogP contribution >= 0.6 is 34.2 Å². The van der Waals surface area contributed by atoms with Crippen LogP contribution in [0.15, 0.2) is 18.2 Å². The molecule has 0 saturated heterocycles. The zero-order valence-corrected chi connectivity index (χ0v) is 11.7. The van der Waals surface area contributed by atoms with Crippen LogP contribution < -0.4 is 16.4 Å². The summed E-state index contributed by atoms with van der Waals surface area (Å²) in [6.45, 7) is 0.602. The molecule has 1 rings (SSSR count). The Morgan fingerprint density at radius 2 is 1.94 bits per heavy atom. The molecule has 0 unspecified atom stereocenters. The van der Waals surface area contributed by atoms with Crippen LogP contribution in [0.1, 0.15) is 10.4 Å². The number of urea groups is 1. The predicted molar refractivity (Wildman–Crippen MR) is 74.1 cm³/mol. The minimum Gasteiger partial charge on any atom is -0.352 e. The Hall–Kier alpha value is -1.02. The van der Waals surface area contributed by atoms with Gasteiger partial charge in [-0.15, -0.1) is 0 Å². The van der Waals surface area contributed by atoms with Gasteiger partial charge < -0.3 is 16.4 Å².